The van der Waals surface area contributed by atoms with Gasteiger partial charge in [0.25, 0.3) is 0 Å². The summed E-state index contributed by atoms with van der Waals surface area (Å²) in [4.78, 5) is 18.1. The molecule has 0 spiro atoms. The zero-order valence-electron chi connectivity index (χ0n) is 11.2. The van der Waals surface area contributed by atoms with E-state index in [0.717, 1.165) is 16.9 Å². The number of benzene rings is 1. The monoisotopic (exact) mass is 279 g/mol. The second-order valence-corrected chi connectivity index (χ2v) is 4.95. The molecule has 5 nitrogen and oxygen atoms in total. The molecule has 1 atom stereocenters. The number of pyridine rings is 1. The first-order valence-corrected chi connectivity index (χ1v) is 6.76. The third kappa shape index (κ3) is 1.94. The average molecular weight is 279 g/mol. The fourth-order valence-electron chi connectivity index (χ4n) is 2.68. The topological polar surface area (TPSA) is 46.8 Å². The van der Waals surface area contributed by atoms with Crippen molar-refractivity contribution in [3.05, 3.63) is 66.6 Å². The van der Waals surface area contributed by atoms with Crippen molar-refractivity contribution in [1.29, 1.82) is 0 Å². The molecule has 1 unspecified atom stereocenters. The van der Waals surface area contributed by atoms with Gasteiger partial charge in [0.05, 0.1) is 11.7 Å². The quantitative estimate of drug-likeness (QED) is 0.724. The lowest BCUT2D eigenvalue weighted by molar-refractivity contribution is 0.179. The van der Waals surface area contributed by atoms with E-state index in [1.54, 1.807) is 11.1 Å². The number of aromatic nitrogens is 2. The predicted octanol–water partition coefficient (Wildman–Crippen LogP) is 3.03. The molecule has 3 heterocycles. The highest BCUT2D eigenvalue weighted by Crippen LogP contribution is 2.33. The first-order valence-electron chi connectivity index (χ1n) is 6.76. The molecule has 1 amide bonds. The molecule has 5 heteroatoms. The number of carbonyl (C=O) groups excluding carboxylic acids is 1. The molecule has 2 aromatic heterocycles. The van der Waals surface area contributed by atoms with Gasteiger partial charge in [-0.25, -0.2) is 9.78 Å². The molecule has 4 rings (SSSR count). The van der Waals surface area contributed by atoms with E-state index in [9.17, 15) is 4.79 Å². The third-order valence-electron chi connectivity index (χ3n) is 3.72. The number of hydrogen-bond acceptors (Lipinski definition) is 3. The number of anilines is 1. The standard InChI is InChI=1S/C16H13N3O2/c20-16-19(13-6-8-18-9-7-17-15(18)10-13)14(11-21-16)12-4-2-1-3-5-12/h1-10,14H,11H2. The summed E-state index contributed by atoms with van der Waals surface area (Å²) in [7, 11) is 0. The molecular weight excluding hydrogens is 266 g/mol. The Morgan fingerprint density at radius 2 is 2.00 bits per heavy atom. The number of fused-ring (bicyclic) bond motifs is 1. The van der Waals surface area contributed by atoms with Crippen LogP contribution in [0.25, 0.3) is 5.65 Å². The summed E-state index contributed by atoms with van der Waals surface area (Å²) >= 11 is 0. The maximum absolute atomic E-state index is 12.1. The van der Waals surface area contributed by atoms with Gasteiger partial charge in [-0.05, 0) is 11.6 Å². The number of amides is 1. The maximum atomic E-state index is 12.1. The highest BCUT2D eigenvalue weighted by atomic mass is 16.6. The van der Waals surface area contributed by atoms with Crippen LogP contribution in [0.5, 0.6) is 0 Å². The average Bonchev–Trinajstić information content (AvgIpc) is 3.13. The summed E-state index contributed by atoms with van der Waals surface area (Å²) in [6.07, 6.45) is 5.18. The number of cyclic esters (lactones) is 1. The van der Waals surface area contributed by atoms with Gasteiger partial charge in [-0.1, -0.05) is 30.3 Å². The Morgan fingerprint density at radius 1 is 1.14 bits per heavy atom. The number of imidazole rings is 1. The third-order valence-corrected chi connectivity index (χ3v) is 3.72. The number of rotatable bonds is 2. The smallest absolute Gasteiger partial charge is 0.415 e. The molecule has 1 saturated heterocycles. The number of nitrogens with zero attached hydrogens (tertiary/aromatic N) is 3. The van der Waals surface area contributed by atoms with E-state index in [1.807, 2.05) is 59.3 Å². The molecular formula is C16H13N3O2. The minimum absolute atomic E-state index is 0.101. The minimum atomic E-state index is -0.320. The zero-order chi connectivity index (χ0) is 14.2. The summed E-state index contributed by atoms with van der Waals surface area (Å²) < 4.78 is 7.15. The number of ether oxygens (including phenoxy) is 1. The molecule has 0 radical (unpaired) electrons. The van der Waals surface area contributed by atoms with Gasteiger partial charge in [-0.3, -0.25) is 4.90 Å². The summed E-state index contributed by atoms with van der Waals surface area (Å²) in [6.45, 7) is 0.364. The number of hydrogen-bond donors (Lipinski definition) is 0. The molecule has 1 aliphatic rings. The van der Waals surface area contributed by atoms with E-state index in [1.165, 1.54) is 0 Å². The second kappa shape index (κ2) is 4.63. The van der Waals surface area contributed by atoms with Crippen LogP contribution in [0.15, 0.2) is 61.1 Å². The Kier molecular flexibility index (Phi) is 2.64. The van der Waals surface area contributed by atoms with Crippen LogP contribution < -0.4 is 4.90 Å². The first-order chi connectivity index (χ1) is 10.3. The summed E-state index contributed by atoms with van der Waals surface area (Å²) in [5, 5.41) is 0. The molecule has 0 aliphatic carbocycles. The van der Waals surface area contributed by atoms with Crippen LogP contribution in [0.2, 0.25) is 0 Å². The van der Waals surface area contributed by atoms with Crippen LogP contribution in [-0.4, -0.2) is 22.1 Å². The Hall–Kier alpha value is -2.82. The van der Waals surface area contributed by atoms with Gasteiger partial charge in [0, 0.05) is 24.7 Å². The lowest BCUT2D eigenvalue weighted by Crippen LogP contribution is -2.27. The maximum Gasteiger partial charge on any atom is 0.415 e. The normalized spacial score (nSPS) is 18.2. The Morgan fingerprint density at radius 3 is 2.86 bits per heavy atom. The van der Waals surface area contributed by atoms with Crippen molar-refractivity contribution >= 4 is 17.4 Å². The van der Waals surface area contributed by atoms with Crippen molar-refractivity contribution in [2.75, 3.05) is 11.5 Å². The fraction of sp³-hybridized carbons (Fsp3) is 0.125. The van der Waals surface area contributed by atoms with Crippen molar-refractivity contribution in [3.8, 4) is 0 Å². The van der Waals surface area contributed by atoms with Crippen molar-refractivity contribution in [1.82, 2.24) is 9.38 Å². The van der Waals surface area contributed by atoms with Crippen LogP contribution >= 0.6 is 0 Å². The number of carbonyl (C=O) groups is 1. The molecule has 0 N–H and O–H groups in total. The van der Waals surface area contributed by atoms with Gasteiger partial charge in [0.2, 0.25) is 0 Å². The zero-order valence-corrected chi connectivity index (χ0v) is 11.2. The fourth-order valence-corrected chi connectivity index (χ4v) is 2.68. The predicted molar refractivity (Wildman–Crippen MR) is 78.2 cm³/mol. The van der Waals surface area contributed by atoms with Crippen LogP contribution in [0, 0.1) is 0 Å². The highest BCUT2D eigenvalue weighted by Gasteiger charge is 2.35. The Labute approximate surface area is 121 Å². The summed E-state index contributed by atoms with van der Waals surface area (Å²) in [5.74, 6) is 0. The van der Waals surface area contributed by atoms with Crippen LogP contribution in [-0.2, 0) is 4.74 Å². The van der Waals surface area contributed by atoms with Gasteiger partial charge in [-0.2, -0.15) is 0 Å². The largest absolute Gasteiger partial charge is 0.447 e. The molecule has 1 aromatic carbocycles. The van der Waals surface area contributed by atoms with Crippen LogP contribution in [0.1, 0.15) is 11.6 Å². The van der Waals surface area contributed by atoms with Gasteiger partial charge < -0.3 is 9.14 Å². The van der Waals surface area contributed by atoms with E-state index in [2.05, 4.69) is 4.98 Å². The molecule has 0 saturated carbocycles. The molecule has 3 aromatic rings. The Balaban J connectivity index is 1.78. The molecule has 1 aliphatic heterocycles. The van der Waals surface area contributed by atoms with Crippen molar-refractivity contribution in [3.63, 3.8) is 0 Å². The van der Waals surface area contributed by atoms with Crippen molar-refractivity contribution in [2.24, 2.45) is 0 Å². The molecule has 0 bridgehead atoms. The first kappa shape index (κ1) is 12.0. The summed E-state index contributed by atoms with van der Waals surface area (Å²) in [5.41, 5.74) is 2.66. The van der Waals surface area contributed by atoms with Gasteiger partial charge in [-0.15, -0.1) is 0 Å². The second-order valence-electron chi connectivity index (χ2n) is 4.95. The lowest BCUT2D eigenvalue weighted by atomic mass is 10.1. The summed E-state index contributed by atoms with van der Waals surface area (Å²) in [6, 6.07) is 13.6. The Bertz CT molecular complexity index is 797. The van der Waals surface area contributed by atoms with Gasteiger partial charge >= 0.3 is 6.09 Å². The van der Waals surface area contributed by atoms with Gasteiger partial charge in [0.1, 0.15) is 12.3 Å². The lowest BCUT2D eigenvalue weighted by Gasteiger charge is -2.21. The van der Waals surface area contributed by atoms with E-state index in [0.29, 0.717) is 6.61 Å². The van der Waals surface area contributed by atoms with Gasteiger partial charge in [0.15, 0.2) is 0 Å². The molecule has 1 fully saturated rings. The molecule has 104 valence electrons. The SMILES string of the molecule is O=C1OCC(c2ccccc2)N1c1ccn2ccnc2c1. The van der Waals surface area contributed by atoms with E-state index in [4.69, 9.17) is 4.74 Å². The van der Waals surface area contributed by atoms with Crippen molar-refractivity contribution in [2.45, 2.75) is 6.04 Å². The highest BCUT2D eigenvalue weighted by molar-refractivity contribution is 5.91. The molecule has 21 heavy (non-hydrogen) atoms. The van der Waals surface area contributed by atoms with E-state index >= 15 is 0 Å². The van der Waals surface area contributed by atoms with E-state index < -0.39 is 0 Å². The van der Waals surface area contributed by atoms with Crippen molar-refractivity contribution < 1.29 is 9.53 Å². The van der Waals surface area contributed by atoms with Crippen LogP contribution in [0.4, 0.5) is 10.5 Å². The van der Waals surface area contributed by atoms with E-state index in [-0.39, 0.29) is 12.1 Å². The minimum Gasteiger partial charge on any atom is -0.447 e. The van der Waals surface area contributed by atoms with Crippen LogP contribution in [0.3, 0.4) is 0 Å².